The van der Waals surface area contributed by atoms with E-state index in [0.717, 1.165) is 11.1 Å². The van der Waals surface area contributed by atoms with Crippen LogP contribution in [0.2, 0.25) is 0 Å². The molecule has 0 bridgehead atoms. The SMILES string of the molecule is CCC(C)(C)N(C(=O)CNC(=O)OC(C)(C)C)C(C(=O)Nc1ccc(OC)cc1)c1cc(C)cc(C)c1. The predicted octanol–water partition coefficient (Wildman–Crippen LogP) is 5.53. The second-order valence-corrected chi connectivity index (χ2v) is 10.8. The van der Waals surface area contributed by atoms with Gasteiger partial charge in [-0.05, 0) is 84.7 Å². The molecular weight excluding hydrogens is 470 g/mol. The lowest BCUT2D eigenvalue weighted by atomic mass is 9.91. The van der Waals surface area contributed by atoms with Crippen LogP contribution in [0.15, 0.2) is 42.5 Å². The molecule has 202 valence electrons. The van der Waals surface area contributed by atoms with E-state index >= 15 is 0 Å². The first-order valence-corrected chi connectivity index (χ1v) is 12.5. The predicted molar refractivity (Wildman–Crippen MR) is 146 cm³/mol. The van der Waals surface area contributed by atoms with Gasteiger partial charge < -0.3 is 25.0 Å². The third kappa shape index (κ3) is 8.51. The summed E-state index contributed by atoms with van der Waals surface area (Å²) in [6, 6.07) is 11.9. The molecule has 0 aliphatic rings. The average Bonchev–Trinajstić information content (AvgIpc) is 2.79. The highest BCUT2D eigenvalue weighted by Gasteiger charge is 2.40. The van der Waals surface area contributed by atoms with E-state index in [1.165, 1.54) is 0 Å². The Labute approximate surface area is 220 Å². The molecule has 2 aromatic carbocycles. The second-order valence-electron chi connectivity index (χ2n) is 10.8. The van der Waals surface area contributed by atoms with Crippen LogP contribution in [0.3, 0.4) is 0 Å². The van der Waals surface area contributed by atoms with Crippen molar-refractivity contribution >= 4 is 23.6 Å². The van der Waals surface area contributed by atoms with Gasteiger partial charge in [0.15, 0.2) is 0 Å². The number of amides is 3. The Morgan fingerprint density at radius 1 is 0.946 bits per heavy atom. The molecule has 8 nitrogen and oxygen atoms in total. The van der Waals surface area contributed by atoms with Gasteiger partial charge in [-0.3, -0.25) is 9.59 Å². The monoisotopic (exact) mass is 511 g/mol. The summed E-state index contributed by atoms with van der Waals surface area (Å²) in [5, 5.41) is 5.51. The van der Waals surface area contributed by atoms with Crippen molar-refractivity contribution in [2.24, 2.45) is 0 Å². The Hall–Kier alpha value is -3.55. The molecule has 0 heterocycles. The number of carbonyl (C=O) groups excluding carboxylic acids is 3. The molecule has 0 aliphatic heterocycles. The van der Waals surface area contributed by atoms with Gasteiger partial charge >= 0.3 is 6.09 Å². The minimum Gasteiger partial charge on any atom is -0.497 e. The minimum absolute atomic E-state index is 0.310. The van der Waals surface area contributed by atoms with Crippen molar-refractivity contribution in [3.63, 3.8) is 0 Å². The summed E-state index contributed by atoms with van der Waals surface area (Å²) in [6.07, 6.45) is -0.108. The number of carbonyl (C=O) groups is 3. The average molecular weight is 512 g/mol. The summed E-state index contributed by atoms with van der Waals surface area (Å²) in [5.74, 6) is -0.0879. The van der Waals surface area contributed by atoms with E-state index in [1.807, 2.05) is 52.8 Å². The van der Waals surface area contributed by atoms with Crippen LogP contribution in [0.25, 0.3) is 0 Å². The van der Waals surface area contributed by atoms with E-state index < -0.39 is 29.2 Å². The van der Waals surface area contributed by atoms with E-state index in [9.17, 15) is 14.4 Å². The number of nitrogens with zero attached hydrogens (tertiary/aromatic N) is 1. The fourth-order valence-electron chi connectivity index (χ4n) is 4.02. The molecule has 2 aromatic rings. The molecule has 0 fully saturated rings. The standard InChI is InChI=1S/C29H41N3O5/c1-10-29(7,8)32(24(33)18-30-27(35)37-28(4,5)6)25(21-16-19(2)15-20(3)17-21)26(34)31-22-11-13-23(36-9)14-12-22/h11-17,25H,10,18H2,1-9H3,(H,30,35)(H,31,34). The number of hydrogen-bond donors (Lipinski definition) is 2. The highest BCUT2D eigenvalue weighted by Crippen LogP contribution is 2.33. The number of rotatable bonds is 9. The van der Waals surface area contributed by atoms with Crippen LogP contribution in [0, 0.1) is 13.8 Å². The molecule has 2 rings (SSSR count). The summed E-state index contributed by atoms with van der Waals surface area (Å²) < 4.78 is 10.5. The summed E-state index contributed by atoms with van der Waals surface area (Å²) in [7, 11) is 1.57. The van der Waals surface area contributed by atoms with Crippen molar-refractivity contribution in [1.82, 2.24) is 10.2 Å². The largest absolute Gasteiger partial charge is 0.497 e. The second kappa shape index (κ2) is 12.1. The Kier molecular flexibility index (Phi) is 9.73. The lowest BCUT2D eigenvalue weighted by molar-refractivity contribution is -0.145. The van der Waals surface area contributed by atoms with Gasteiger partial charge in [-0.25, -0.2) is 4.79 Å². The molecule has 37 heavy (non-hydrogen) atoms. The number of hydrogen-bond acceptors (Lipinski definition) is 5. The van der Waals surface area contributed by atoms with Gasteiger partial charge in [-0.15, -0.1) is 0 Å². The minimum atomic E-state index is -0.941. The summed E-state index contributed by atoms with van der Waals surface area (Å²) in [5.41, 5.74) is 1.82. The van der Waals surface area contributed by atoms with Crippen LogP contribution in [0.1, 0.15) is 70.7 Å². The highest BCUT2D eigenvalue weighted by molar-refractivity contribution is 5.98. The highest BCUT2D eigenvalue weighted by atomic mass is 16.6. The van der Waals surface area contributed by atoms with Gasteiger partial charge in [-0.2, -0.15) is 0 Å². The van der Waals surface area contributed by atoms with Gasteiger partial charge in [0, 0.05) is 11.2 Å². The molecule has 0 aromatic heterocycles. The third-order valence-electron chi connectivity index (χ3n) is 5.99. The van der Waals surface area contributed by atoms with E-state index in [1.54, 1.807) is 57.0 Å². The first-order chi connectivity index (χ1) is 17.2. The summed E-state index contributed by atoms with van der Waals surface area (Å²) >= 11 is 0. The smallest absolute Gasteiger partial charge is 0.408 e. The Bertz CT molecular complexity index is 1080. The number of methoxy groups -OCH3 is 1. The molecule has 8 heteroatoms. The fraction of sp³-hybridized carbons (Fsp3) is 0.483. The van der Waals surface area contributed by atoms with E-state index in [-0.39, 0.29) is 12.5 Å². The normalized spacial score (nSPS) is 12.4. The van der Waals surface area contributed by atoms with Crippen molar-refractivity contribution in [2.75, 3.05) is 19.0 Å². The van der Waals surface area contributed by atoms with Gasteiger partial charge in [0.1, 0.15) is 23.9 Å². The maximum Gasteiger partial charge on any atom is 0.408 e. The zero-order chi connectivity index (χ0) is 28.0. The molecule has 0 saturated carbocycles. The van der Waals surface area contributed by atoms with Gasteiger partial charge in [-0.1, -0.05) is 36.2 Å². The van der Waals surface area contributed by atoms with Crippen molar-refractivity contribution in [1.29, 1.82) is 0 Å². The van der Waals surface area contributed by atoms with Crippen molar-refractivity contribution < 1.29 is 23.9 Å². The van der Waals surface area contributed by atoms with Crippen LogP contribution >= 0.6 is 0 Å². The van der Waals surface area contributed by atoms with Crippen LogP contribution in [0.4, 0.5) is 10.5 Å². The van der Waals surface area contributed by atoms with Crippen molar-refractivity contribution in [3.8, 4) is 5.75 Å². The zero-order valence-corrected chi connectivity index (χ0v) is 23.5. The molecule has 0 radical (unpaired) electrons. The van der Waals surface area contributed by atoms with Gasteiger partial charge in [0.05, 0.1) is 7.11 Å². The lowest BCUT2D eigenvalue weighted by Gasteiger charge is -2.43. The van der Waals surface area contributed by atoms with Gasteiger partial charge in [0.2, 0.25) is 5.91 Å². The maximum absolute atomic E-state index is 13.9. The van der Waals surface area contributed by atoms with Crippen molar-refractivity contribution in [2.45, 2.75) is 79.0 Å². The molecule has 2 N–H and O–H groups in total. The molecule has 1 unspecified atom stereocenters. The van der Waals surface area contributed by atoms with Crippen LogP contribution in [-0.2, 0) is 14.3 Å². The Morgan fingerprint density at radius 2 is 1.51 bits per heavy atom. The Balaban J connectivity index is 2.50. The quantitative estimate of drug-likeness (QED) is 0.461. The summed E-state index contributed by atoms with van der Waals surface area (Å²) in [6.45, 7) is 14.6. The van der Waals surface area contributed by atoms with Crippen LogP contribution in [0.5, 0.6) is 5.75 Å². The van der Waals surface area contributed by atoms with Crippen LogP contribution < -0.4 is 15.4 Å². The lowest BCUT2D eigenvalue weighted by Crippen LogP contribution is -2.55. The third-order valence-corrected chi connectivity index (χ3v) is 5.99. The Morgan fingerprint density at radius 3 is 2.00 bits per heavy atom. The first kappa shape index (κ1) is 29.7. The maximum atomic E-state index is 13.9. The molecule has 0 spiro atoms. The molecular formula is C29H41N3O5. The summed E-state index contributed by atoms with van der Waals surface area (Å²) in [4.78, 5) is 41.4. The van der Waals surface area contributed by atoms with Crippen LogP contribution in [-0.4, -0.2) is 47.6 Å². The topological polar surface area (TPSA) is 97.0 Å². The molecule has 3 amide bonds. The number of alkyl carbamates (subject to hydrolysis) is 1. The zero-order valence-electron chi connectivity index (χ0n) is 23.5. The number of aryl methyl sites for hydroxylation is 2. The molecule has 1 atom stereocenters. The first-order valence-electron chi connectivity index (χ1n) is 12.5. The number of benzene rings is 2. The van der Waals surface area contributed by atoms with E-state index in [0.29, 0.717) is 23.4 Å². The van der Waals surface area contributed by atoms with Crippen molar-refractivity contribution in [3.05, 3.63) is 59.2 Å². The number of anilines is 1. The fourth-order valence-corrected chi connectivity index (χ4v) is 4.02. The van der Waals surface area contributed by atoms with E-state index in [4.69, 9.17) is 9.47 Å². The number of ether oxygens (including phenoxy) is 2. The molecule has 0 saturated heterocycles. The molecule has 0 aliphatic carbocycles. The number of nitrogens with one attached hydrogen (secondary N) is 2. The van der Waals surface area contributed by atoms with E-state index in [2.05, 4.69) is 10.6 Å². The van der Waals surface area contributed by atoms with Gasteiger partial charge in [0.25, 0.3) is 5.91 Å².